The van der Waals surface area contributed by atoms with Crippen LogP contribution in [0, 0.1) is 11.3 Å². The zero-order chi connectivity index (χ0) is 12.8. The molecule has 0 aromatic heterocycles. The van der Waals surface area contributed by atoms with E-state index < -0.39 is 0 Å². The molecular weight excluding hydrogens is 244 g/mol. The largest absolute Gasteiger partial charge is 0.360 e. The highest BCUT2D eigenvalue weighted by molar-refractivity contribution is 6.30. The Morgan fingerprint density at radius 3 is 2.33 bits per heavy atom. The first kappa shape index (κ1) is 12.2. The van der Waals surface area contributed by atoms with Crippen molar-refractivity contribution in [1.29, 1.82) is 5.26 Å². The van der Waals surface area contributed by atoms with E-state index in [4.69, 9.17) is 16.9 Å². The third-order valence-electron chi connectivity index (χ3n) is 2.43. The van der Waals surface area contributed by atoms with E-state index in [0.717, 1.165) is 11.3 Å². The first-order valence-corrected chi connectivity index (χ1v) is 5.85. The Kier molecular flexibility index (Phi) is 4.01. The Balaban J connectivity index is 2.19. The van der Waals surface area contributed by atoms with Crippen LogP contribution in [0.1, 0.15) is 5.56 Å². The second-order valence-electron chi connectivity index (χ2n) is 3.69. The van der Waals surface area contributed by atoms with Crippen LogP contribution in [0.4, 0.5) is 5.69 Å². The molecule has 0 aliphatic rings. The lowest BCUT2D eigenvalue weighted by molar-refractivity contribution is 1.50. The van der Waals surface area contributed by atoms with Gasteiger partial charge in [0, 0.05) is 16.9 Å². The van der Waals surface area contributed by atoms with Crippen molar-refractivity contribution in [3.8, 4) is 6.07 Å². The van der Waals surface area contributed by atoms with Crippen LogP contribution >= 0.6 is 11.6 Å². The average Bonchev–Trinajstić information content (AvgIpc) is 2.42. The first-order chi connectivity index (χ1) is 8.79. The fourth-order valence-electron chi connectivity index (χ4n) is 1.50. The molecule has 0 aliphatic carbocycles. The van der Waals surface area contributed by atoms with Crippen molar-refractivity contribution in [2.24, 2.45) is 0 Å². The lowest BCUT2D eigenvalue weighted by Gasteiger charge is -2.02. The minimum atomic E-state index is 0.565. The molecule has 2 aromatic carbocycles. The van der Waals surface area contributed by atoms with Gasteiger partial charge in [-0.3, -0.25) is 0 Å². The third-order valence-corrected chi connectivity index (χ3v) is 2.68. The van der Waals surface area contributed by atoms with Crippen molar-refractivity contribution in [2.75, 3.05) is 5.32 Å². The Bertz CT molecular complexity index is 580. The summed E-state index contributed by atoms with van der Waals surface area (Å²) < 4.78 is 0. The van der Waals surface area contributed by atoms with Crippen LogP contribution in [0.15, 0.2) is 60.8 Å². The zero-order valence-electron chi connectivity index (χ0n) is 9.60. The number of halogens is 1. The zero-order valence-corrected chi connectivity index (χ0v) is 10.4. The van der Waals surface area contributed by atoms with Gasteiger partial charge in [0.05, 0.1) is 5.57 Å². The summed E-state index contributed by atoms with van der Waals surface area (Å²) in [5.41, 5.74) is 2.35. The van der Waals surface area contributed by atoms with Gasteiger partial charge in [-0.2, -0.15) is 5.26 Å². The van der Waals surface area contributed by atoms with Gasteiger partial charge in [-0.05, 0) is 29.8 Å². The van der Waals surface area contributed by atoms with E-state index in [-0.39, 0.29) is 0 Å². The smallest absolute Gasteiger partial charge is 0.101 e. The maximum atomic E-state index is 9.14. The lowest BCUT2D eigenvalue weighted by Crippen LogP contribution is -1.90. The van der Waals surface area contributed by atoms with Gasteiger partial charge >= 0.3 is 0 Å². The number of nitrogens with zero attached hydrogens (tertiary/aromatic N) is 1. The van der Waals surface area contributed by atoms with Crippen molar-refractivity contribution in [2.45, 2.75) is 0 Å². The third kappa shape index (κ3) is 3.13. The SMILES string of the molecule is N#CC(=CNc1ccccc1)c1ccc(Cl)cc1. The predicted octanol–water partition coefficient (Wildman–Crippen LogP) is 4.32. The molecule has 0 atom stereocenters. The predicted molar refractivity (Wildman–Crippen MR) is 75.1 cm³/mol. The minimum Gasteiger partial charge on any atom is -0.360 e. The Hall–Kier alpha value is -2.24. The van der Waals surface area contributed by atoms with Crippen molar-refractivity contribution in [3.05, 3.63) is 71.4 Å². The van der Waals surface area contributed by atoms with E-state index in [9.17, 15) is 0 Å². The highest BCUT2D eigenvalue weighted by atomic mass is 35.5. The molecule has 0 saturated carbocycles. The molecule has 2 rings (SSSR count). The van der Waals surface area contributed by atoms with Gasteiger partial charge in [-0.1, -0.05) is 41.9 Å². The Labute approximate surface area is 111 Å². The molecule has 0 fully saturated rings. The fraction of sp³-hybridized carbons (Fsp3) is 0. The van der Waals surface area contributed by atoms with Gasteiger partial charge in [0.2, 0.25) is 0 Å². The number of allylic oxidation sites excluding steroid dienone is 1. The van der Waals surface area contributed by atoms with E-state index >= 15 is 0 Å². The van der Waals surface area contributed by atoms with Crippen LogP contribution in [0.2, 0.25) is 5.02 Å². The van der Waals surface area contributed by atoms with E-state index in [0.29, 0.717) is 10.6 Å². The van der Waals surface area contributed by atoms with Gasteiger partial charge < -0.3 is 5.32 Å². The van der Waals surface area contributed by atoms with Crippen LogP contribution in [0.25, 0.3) is 5.57 Å². The number of hydrogen-bond acceptors (Lipinski definition) is 2. The molecule has 88 valence electrons. The number of benzene rings is 2. The van der Waals surface area contributed by atoms with Crippen LogP contribution in [0.3, 0.4) is 0 Å². The summed E-state index contributed by atoms with van der Waals surface area (Å²) in [6, 6.07) is 19.0. The lowest BCUT2D eigenvalue weighted by atomic mass is 10.1. The molecule has 0 amide bonds. The standard InChI is InChI=1S/C15H11ClN2/c16-14-8-6-12(7-9-14)13(10-17)11-18-15-4-2-1-3-5-15/h1-9,11,18H. The molecule has 0 bridgehead atoms. The molecule has 0 spiro atoms. The number of nitrogens with one attached hydrogen (secondary N) is 1. The maximum absolute atomic E-state index is 9.14. The number of rotatable bonds is 3. The van der Waals surface area contributed by atoms with Crippen molar-refractivity contribution in [1.82, 2.24) is 0 Å². The van der Waals surface area contributed by atoms with Crippen molar-refractivity contribution >= 4 is 22.9 Å². The minimum absolute atomic E-state index is 0.565. The highest BCUT2D eigenvalue weighted by Crippen LogP contribution is 2.17. The monoisotopic (exact) mass is 254 g/mol. The summed E-state index contributed by atoms with van der Waals surface area (Å²) in [5.74, 6) is 0. The molecule has 18 heavy (non-hydrogen) atoms. The second-order valence-corrected chi connectivity index (χ2v) is 4.12. The quantitative estimate of drug-likeness (QED) is 0.828. The van der Waals surface area contributed by atoms with Gasteiger partial charge in [0.25, 0.3) is 0 Å². The molecule has 0 unspecified atom stereocenters. The molecule has 0 heterocycles. The second kappa shape index (κ2) is 5.90. The van der Waals surface area contributed by atoms with Crippen LogP contribution in [-0.2, 0) is 0 Å². The number of nitriles is 1. The molecule has 2 nitrogen and oxygen atoms in total. The van der Waals surface area contributed by atoms with Gasteiger partial charge in [0.1, 0.15) is 6.07 Å². The molecule has 0 saturated heterocycles. The summed E-state index contributed by atoms with van der Waals surface area (Å²) in [6.07, 6.45) is 1.69. The number of anilines is 1. The van der Waals surface area contributed by atoms with Crippen molar-refractivity contribution in [3.63, 3.8) is 0 Å². The van der Waals surface area contributed by atoms with Crippen LogP contribution in [-0.4, -0.2) is 0 Å². The summed E-state index contributed by atoms with van der Waals surface area (Å²) in [5, 5.41) is 12.9. The van der Waals surface area contributed by atoms with E-state index in [1.165, 1.54) is 0 Å². The molecule has 0 aliphatic heterocycles. The number of para-hydroxylation sites is 1. The molecule has 2 aromatic rings. The van der Waals surface area contributed by atoms with E-state index in [1.54, 1.807) is 18.3 Å². The maximum Gasteiger partial charge on any atom is 0.101 e. The van der Waals surface area contributed by atoms with Gasteiger partial charge in [-0.15, -0.1) is 0 Å². The summed E-state index contributed by atoms with van der Waals surface area (Å²) in [7, 11) is 0. The van der Waals surface area contributed by atoms with E-state index in [1.807, 2.05) is 42.5 Å². The molecule has 0 radical (unpaired) electrons. The highest BCUT2D eigenvalue weighted by Gasteiger charge is 2.00. The molecule has 3 heteroatoms. The van der Waals surface area contributed by atoms with Gasteiger partial charge in [0.15, 0.2) is 0 Å². The fourth-order valence-corrected chi connectivity index (χ4v) is 1.63. The molecular formula is C15H11ClN2. The first-order valence-electron chi connectivity index (χ1n) is 5.47. The van der Waals surface area contributed by atoms with Gasteiger partial charge in [-0.25, -0.2) is 0 Å². The van der Waals surface area contributed by atoms with Crippen molar-refractivity contribution < 1.29 is 0 Å². The molecule has 1 N–H and O–H groups in total. The van der Waals surface area contributed by atoms with E-state index in [2.05, 4.69) is 11.4 Å². The Morgan fingerprint density at radius 1 is 1.06 bits per heavy atom. The normalized spacial score (nSPS) is 10.8. The van der Waals surface area contributed by atoms with Crippen LogP contribution < -0.4 is 5.32 Å². The topological polar surface area (TPSA) is 35.8 Å². The average molecular weight is 255 g/mol. The summed E-state index contributed by atoms with van der Waals surface area (Å²) in [4.78, 5) is 0. The summed E-state index contributed by atoms with van der Waals surface area (Å²) in [6.45, 7) is 0. The summed E-state index contributed by atoms with van der Waals surface area (Å²) >= 11 is 5.81. The Morgan fingerprint density at radius 2 is 1.72 bits per heavy atom. The number of hydrogen-bond donors (Lipinski definition) is 1. The van der Waals surface area contributed by atoms with Crippen LogP contribution in [0.5, 0.6) is 0 Å².